The molecule has 0 amide bonds. The third kappa shape index (κ3) is 3.41. The van der Waals surface area contributed by atoms with Crippen molar-refractivity contribution in [1.29, 1.82) is 0 Å². The molecule has 1 aromatic heterocycles. The van der Waals surface area contributed by atoms with Crippen LogP contribution in [0.15, 0.2) is 55.0 Å². The highest BCUT2D eigenvalue weighted by Gasteiger charge is 2.13. The lowest BCUT2D eigenvalue weighted by atomic mass is 9.94. The normalized spacial score (nSPS) is 12.5. The number of hydrogen-bond acceptors (Lipinski definition) is 4. The first-order valence-electron chi connectivity index (χ1n) is 7.15. The Morgan fingerprint density at radius 3 is 2.71 bits per heavy atom. The van der Waals surface area contributed by atoms with E-state index in [1.807, 2.05) is 18.2 Å². The van der Waals surface area contributed by atoms with Gasteiger partial charge in [-0.1, -0.05) is 32.0 Å². The van der Waals surface area contributed by atoms with E-state index in [0.717, 1.165) is 23.4 Å². The Morgan fingerprint density at radius 2 is 2.10 bits per heavy atom. The van der Waals surface area contributed by atoms with E-state index in [-0.39, 0.29) is 0 Å². The molecule has 0 radical (unpaired) electrons. The standard InChI is InChI=1S/C17H22N4/c1-3-13(2)15-8-7-14(16-6-4-5-10-20-16)12-17(15)21(19)11-9-18/h4-13H,3,18-19H2,1-2H3/b11-9-. The van der Waals surface area contributed by atoms with Crippen molar-refractivity contribution in [2.75, 3.05) is 5.01 Å². The van der Waals surface area contributed by atoms with Crippen LogP contribution in [0.3, 0.4) is 0 Å². The molecule has 4 N–H and O–H groups in total. The summed E-state index contributed by atoms with van der Waals surface area (Å²) in [7, 11) is 0. The summed E-state index contributed by atoms with van der Waals surface area (Å²) in [6.07, 6.45) is 5.94. The van der Waals surface area contributed by atoms with E-state index in [0.29, 0.717) is 5.92 Å². The van der Waals surface area contributed by atoms with Crippen molar-refractivity contribution < 1.29 is 0 Å². The van der Waals surface area contributed by atoms with Gasteiger partial charge >= 0.3 is 0 Å². The second-order valence-corrected chi connectivity index (χ2v) is 5.05. The molecular weight excluding hydrogens is 260 g/mol. The SMILES string of the molecule is CCC(C)c1ccc(-c2ccccn2)cc1N(N)/C=C\N. The molecule has 1 atom stereocenters. The Labute approximate surface area is 126 Å². The molecular formula is C17H22N4. The van der Waals surface area contributed by atoms with Crippen LogP contribution in [-0.2, 0) is 0 Å². The lowest BCUT2D eigenvalue weighted by molar-refractivity contribution is 0.731. The lowest BCUT2D eigenvalue weighted by Crippen LogP contribution is -2.26. The highest BCUT2D eigenvalue weighted by Crippen LogP contribution is 2.32. The first kappa shape index (κ1) is 15.1. The second-order valence-electron chi connectivity index (χ2n) is 5.05. The minimum atomic E-state index is 0.426. The molecule has 0 aliphatic rings. The summed E-state index contributed by atoms with van der Waals surface area (Å²) in [6.45, 7) is 4.36. The molecule has 0 fully saturated rings. The number of hydrogen-bond donors (Lipinski definition) is 2. The average Bonchev–Trinajstić information content (AvgIpc) is 2.54. The second kappa shape index (κ2) is 6.90. The van der Waals surface area contributed by atoms with Crippen molar-refractivity contribution in [2.24, 2.45) is 11.6 Å². The third-order valence-corrected chi connectivity index (χ3v) is 3.66. The Balaban J connectivity index is 2.51. The molecule has 2 aromatic rings. The van der Waals surface area contributed by atoms with Gasteiger partial charge in [0, 0.05) is 24.2 Å². The third-order valence-electron chi connectivity index (χ3n) is 3.66. The number of aromatic nitrogens is 1. The van der Waals surface area contributed by atoms with Crippen molar-refractivity contribution in [3.8, 4) is 11.3 Å². The predicted molar refractivity (Wildman–Crippen MR) is 88.4 cm³/mol. The minimum Gasteiger partial charge on any atom is -0.403 e. The molecule has 21 heavy (non-hydrogen) atoms. The maximum absolute atomic E-state index is 6.09. The highest BCUT2D eigenvalue weighted by atomic mass is 15.4. The molecule has 0 aliphatic heterocycles. The zero-order valence-electron chi connectivity index (χ0n) is 12.5. The van der Waals surface area contributed by atoms with Gasteiger partial charge in [0.2, 0.25) is 0 Å². The number of hydrazine groups is 1. The molecule has 2 rings (SSSR count). The number of rotatable bonds is 5. The monoisotopic (exact) mass is 282 g/mol. The summed E-state index contributed by atoms with van der Waals surface area (Å²) < 4.78 is 0. The van der Waals surface area contributed by atoms with Gasteiger partial charge in [-0.05, 0) is 36.1 Å². The van der Waals surface area contributed by atoms with Gasteiger partial charge in [0.05, 0.1) is 11.4 Å². The van der Waals surface area contributed by atoms with E-state index in [9.17, 15) is 0 Å². The summed E-state index contributed by atoms with van der Waals surface area (Å²) >= 11 is 0. The van der Waals surface area contributed by atoms with Gasteiger partial charge in [-0.25, -0.2) is 5.84 Å². The number of nitrogens with two attached hydrogens (primary N) is 2. The maximum Gasteiger partial charge on any atom is 0.0702 e. The zero-order valence-corrected chi connectivity index (χ0v) is 12.5. The summed E-state index contributed by atoms with van der Waals surface area (Å²) in [5.74, 6) is 6.52. The minimum absolute atomic E-state index is 0.426. The van der Waals surface area contributed by atoms with Gasteiger partial charge in [-0.3, -0.25) is 9.99 Å². The molecule has 0 saturated heterocycles. The van der Waals surface area contributed by atoms with E-state index in [1.165, 1.54) is 11.8 Å². The smallest absolute Gasteiger partial charge is 0.0702 e. The van der Waals surface area contributed by atoms with Crippen LogP contribution in [0.2, 0.25) is 0 Å². The van der Waals surface area contributed by atoms with Crippen LogP contribution in [0.25, 0.3) is 11.3 Å². The molecule has 0 saturated carbocycles. The van der Waals surface area contributed by atoms with Crippen LogP contribution in [0.5, 0.6) is 0 Å². The highest BCUT2D eigenvalue weighted by molar-refractivity contribution is 5.69. The largest absolute Gasteiger partial charge is 0.403 e. The molecule has 1 aromatic carbocycles. The van der Waals surface area contributed by atoms with Crippen molar-refractivity contribution in [1.82, 2.24) is 4.98 Å². The average molecular weight is 282 g/mol. The molecule has 0 bridgehead atoms. The van der Waals surface area contributed by atoms with Crippen LogP contribution in [0.1, 0.15) is 31.7 Å². The van der Waals surface area contributed by atoms with Crippen LogP contribution >= 0.6 is 0 Å². The first-order valence-corrected chi connectivity index (χ1v) is 7.15. The molecule has 4 heteroatoms. The molecule has 110 valence electrons. The van der Waals surface area contributed by atoms with Crippen molar-refractivity contribution in [3.63, 3.8) is 0 Å². The Morgan fingerprint density at radius 1 is 1.29 bits per heavy atom. The van der Waals surface area contributed by atoms with E-state index >= 15 is 0 Å². The summed E-state index contributed by atoms with van der Waals surface area (Å²) in [6, 6.07) is 12.1. The number of pyridine rings is 1. The Bertz CT molecular complexity index is 607. The fourth-order valence-corrected chi connectivity index (χ4v) is 2.27. The van der Waals surface area contributed by atoms with Crippen LogP contribution in [-0.4, -0.2) is 4.98 Å². The van der Waals surface area contributed by atoms with Gasteiger partial charge in [0.25, 0.3) is 0 Å². The fraction of sp³-hybridized carbons (Fsp3) is 0.235. The van der Waals surface area contributed by atoms with Gasteiger partial charge in [0.15, 0.2) is 0 Å². The lowest BCUT2D eigenvalue weighted by Gasteiger charge is -2.22. The summed E-state index contributed by atoms with van der Waals surface area (Å²) in [4.78, 5) is 4.39. The predicted octanol–water partition coefficient (Wildman–Crippen LogP) is 3.37. The van der Waals surface area contributed by atoms with Crippen molar-refractivity contribution >= 4 is 5.69 Å². The molecule has 4 nitrogen and oxygen atoms in total. The van der Waals surface area contributed by atoms with E-state index in [2.05, 4.69) is 37.0 Å². The maximum atomic E-state index is 6.09. The van der Waals surface area contributed by atoms with E-state index in [1.54, 1.807) is 17.4 Å². The fourth-order valence-electron chi connectivity index (χ4n) is 2.27. The van der Waals surface area contributed by atoms with Crippen LogP contribution in [0.4, 0.5) is 5.69 Å². The zero-order chi connectivity index (χ0) is 15.2. The topological polar surface area (TPSA) is 68.2 Å². The van der Waals surface area contributed by atoms with Gasteiger partial charge in [-0.15, -0.1) is 0 Å². The van der Waals surface area contributed by atoms with Gasteiger partial charge in [0.1, 0.15) is 0 Å². The number of benzene rings is 1. The van der Waals surface area contributed by atoms with Gasteiger partial charge < -0.3 is 5.73 Å². The summed E-state index contributed by atoms with van der Waals surface area (Å²) in [5, 5.41) is 1.56. The van der Waals surface area contributed by atoms with Crippen molar-refractivity contribution in [2.45, 2.75) is 26.2 Å². The van der Waals surface area contributed by atoms with Gasteiger partial charge in [-0.2, -0.15) is 0 Å². The van der Waals surface area contributed by atoms with Crippen molar-refractivity contribution in [3.05, 3.63) is 60.6 Å². The van der Waals surface area contributed by atoms with E-state index < -0.39 is 0 Å². The number of nitrogens with zero attached hydrogens (tertiary/aromatic N) is 2. The molecule has 0 spiro atoms. The quantitative estimate of drug-likeness (QED) is 0.651. The summed E-state index contributed by atoms with van der Waals surface area (Å²) in [5.41, 5.74) is 9.59. The molecule has 1 unspecified atom stereocenters. The molecule has 1 heterocycles. The van der Waals surface area contributed by atoms with Crippen LogP contribution in [0, 0.1) is 0 Å². The molecule has 0 aliphatic carbocycles. The number of anilines is 1. The van der Waals surface area contributed by atoms with E-state index in [4.69, 9.17) is 11.6 Å². The Kier molecular flexibility index (Phi) is 4.95. The first-order chi connectivity index (χ1) is 10.2. The van der Waals surface area contributed by atoms with Crippen LogP contribution < -0.4 is 16.6 Å². The Hall–Kier alpha value is -2.33.